The third kappa shape index (κ3) is 5.50. The van der Waals surface area contributed by atoms with E-state index in [1.807, 2.05) is 6.92 Å². The Morgan fingerprint density at radius 2 is 1.65 bits per heavy atom. The maximum Gasteiger partial charge on any atom is 0.348 e. The standard InChI is InChI=1S/C22H22N2O5S2/c1-4-29-22(26)20-15(3)13-19(30-20)23-21(25)16-7-9-17(10-8-16)24-31(27,28)18-11-5-14(2)6-12-18/h5-13,24H,4H2,1-3H3,(H,23,25). The van der Waals surface area contributed by atoms with Crippen molar-refractivity contribution in [3.63, 3.8) is 0 Å². The summed E-state index contributed by atoms with van der Waals surface area (Å²) in [7, 11) is -3.72. The fourth-order valence-corrected chi connectivity index (χ4v) is 4.77. The summed E-state index contributed by atoms with van der Waals surface area (Å²) in [6, 6.07) is 14.3. The van der Waals surface area contributed by atoms with E-state index < -0.39 is 16.0 Å². The van der Waals surface area contributed by atoms with Crippen LogP contribution < -0.4 is 10.0 Å². The van der Waals surface area contributed by atoms with Gasteiger partial charge in [-0.1, -0.05) is 17.7 Å². The summed E-state index contributed by atoms with van der Waals surface area (Å²) in [6.45, 7) is 5.65. The van der Waals surface area contributed by atoms with E-state index >= 15 is 0 Å². The Morgan fingerprint density at radius 3 is 2.26 bits per heavy atom. The van der Waals surface area contributed by atoms with Gasteiger partial charge in [-0.25, -0.2) is 13.2 Å². The number of carbonyl (C=O) groups is 2. The van der Waals surface area contributed by atoms with Gasteiger partial charge in [-0.3, -0.25) is 9.52 Å². The van der Waals surface area contributed by atoms with Gasteiger partial charge in [-0.05, 0) is 68.8 Å². The minimum Gasteiger partial charge on any atom is -0.462 e. The maximum atomic E-state index is 12.5. The largest absolute Gasteiger partial charge is 0.462 e. The predicted octanol–water partition coefficient (Wildman–Crippen LogP) is 4.59. The fourth-order valence-electron chi connectivity index (χ4n) is 2.75. The molecule has 0 aliphatic rings. The van der Waals surface area contributed by atoms with Crippen LogP contribution in [0.1, 0.15) is 38.1 Å². The van der Waals surface area contributed by atoms with Crippen molar-refractivity contribution in [3.8, 4) is 0 Å². The number of esters is 1. The lowest BCUT2D eigenvalue weighted by Crippen LogP contribution is -2.14. The van der Waals surface area contributed by atoms with E-state index in [1.165, 1.54) is 36.4 Å². The van der Waals surface area contributed by atoms with Gasteiger partial charge in [-0.2, -0.15) is 0 Å². The second kappa shape index (κ2) is 9.32. The highest BCUT2D eigenvalue weighted by Gasteiger charge is 2.17. The number of rotatable bonds is 7. The zero-order valence-corrected chi connectivity index (χ0v) is 18.9. The van der Waals surface area contributed by atoms with Gasteiger partial charge in [0.1, 0.15) is 4.88 Å². The topological polar surface area (TPSA) is 102 Å². The smallest absolute Gasteiger partial charge is 0.348 e. The summed E-state index contributed by atoms with van der Waals surface area (Å²) in [5.41, 5.74) is 2.37. The molecule has 0 fully saturated rings. The van der Waals surface area contributed by atoms with Gasteiger partial charge in [0.15, 0.2) is 0 Å². The number of hydrogen-bond acceptors (Lipinski definition) is 6. The number of anilines is 2. The minimum atomic E-state index is -3.72. The molecule has 0 spiro atoms. The van der Waals surface area contributed by atoms with Crippen LogP contribution in [-0.2, 0) is 14.8 Å². The van der Waals surface area contributed by atoms with Crippen molar-refractivity contribution in [2.24, 2.45) is 0 Å². The van der Waals surface area contributed by atoms with Crippen LogP contribution in [0.2, 0.25) is 0 Å². The van der Waals surface area contributed by atoms with Gasteiger partial charge in [0.25, 0.3) is 15.9 Å². The molecule has 0 radical (unpaired) electrons. The van der Waals surface area contributed by atoms with Crippen LogP contribution in [0, 0.1) is 13.8 Å². The molecule has 0 bridgehead atoms. The molecule has 7 nitrogen and oxygen atoms in total. The number of amides is 1. The number of sulfonamides is 1. The molecule has 1 heterocycles. The number of benzene rings is 2. The summed E-state index contributed by atoms with van der Waals surface area (Å²) in [5, 5.41) is 3.27. The average Bonchev–Trinajstić information content (AvgIpc) is 3.09. The Bertz CT molecular complexity index is 1200. The first kappa shape index (κ1) is 22.5. The molecular weight excluding hydrogens is 436 g/mol. The maximum absolute atomic E-state index is 12.5. The third-order valence-electron chi connectivity index (χ3n) is 4.35. The van der Waals surface area contributed by atoms with Gasteiger partial charge in [0, 0.05) is 11.3 Å². The van der Waals surface area contributed by atoms with E-state index in [9.17, 15) is 18.0 Å². The van der Waals surface area contributed by atoms with Crippen molar-refractivity contribution in [1.82, 2.24) is 0 Å². The van der Waals surface area contributed by atoms with Crippen LogP contribution in [0.25, 0.3) is 0 Å². The molecule has 9 heteroatoms. The highest BCUT2D eigenvalue weighted by Crippen LogP contribution is 2.28. The van der Waals surface area contributed by atoms with Crippen LogP contribution in [0.15, 0.2) is 59.5 Å². The molecule has 0 atom stereocenters. The quantitative estimate of drug-likeness (QED) is 0.504. The average molecular weight is 459 g/mol. The van der Waals surface area contributed by atoms with Crippen LogP contribution in [0.3, 0.4) is 0 Å². The molecule has 0 saturated heterocycles. The Hall–Kier alpha value is -3.17. The second-order valence-electron chi connectivity index (χ2n) is 6.79. The van der Waals surface area contributed by atoms with Gasteiger partial charge in [0.2, 0.25) is 0 Å². The van der Waals surface area contributed by atoms with E-state index in [1.54, 1.807) is 32.0 Å². The van der Waals surface area contributed by atoms with Crippen molar-refractivity contribution in [1.29, 1.82) is 0 Å². The van der Waals surface area contributed by atoms with Crippen LogP contribution in [0.5, 0.6) is 0 Å². The van der Waals surface area contributed by atoms with Crippen LogP contribution >= 0.6 is 11.3 Å². The first-order chi connectivity index (χ1) is 14.7. The summed E-state index contributed by atoms with van der Waals surface area (Å²) in [4.78, 5) is 25.0. The van der Waals surface area contributed by atoms with Gasteiger partial charge < -0.3 is 10.1 Å². The molecule has 31 heavy (non-hydrogen) atoms. The SMILES string of the molecule is CCOC(=O)c1sc(NC(=O)c2ccc(NS(=O)(=O)c3ccc(C)cc3)cc2)cc1C. The lowest BCUT2D eigenvalue weighted by molar-refractivity contribution is 0.0531. The van der Waals surface area contributed by atoms with Crippen molar-refractivity contribution >= 4 is 43.9 Å². The predicted molar refractivity (Wildman–Crippen MR) is 121 cm³/mol. The number of carbonyl (C=O) groups excluding carboxylic acids is 2. The zero-order valence-electron chi connectivity index (χ0n) is 17.3. The molecule has 0 saturated carbocycles. The molecule has 0 aliphatic carbocycles. The van der Waals surface area contributed by atoms with Gasteiger partial charge in [-0.15, -0.1) is 11.3 Å². The van der Waals surface area contributed by atoms with Crippen molar-refractivity contribution < 1.29 is 22.7 Å². The van der Waals surface area contributed by atoms with Gasteiger partial charge in [0.05, 0.1) is 16.5 Å². The van der Waals surface area contributed by atoms with Crippen molar-refractivity contribution in [3.05, 3.63) is 76.2 Å². The molecule has 0 aliphatic heterocycles. The monoisotopic (exact) mass is 458 g/mol. The van der Waals surface area contributed by atoms with Crippen molar-refractivity contribution in [2.45, 2.75) is 25.7 Å². The Labute approximate surface area is 185 Å². The summed E-state index contributed by atoms with van der Waals surface area (Å²) in [5.74, 6) is -0.791. The summed E-state index contributed by atoms with van der Waals surface area (Å²) < 4.78 is 32.5. The normalized spacial score (nSPS) is 11.1. The Morgan fingerprint density at radius 1 is 1.00 bits per heavy atom. The Balaban J connectivity index is 1.68. The zero-order chi connectivity index (χ0) is 22.6. The summed E-state index contributed by atoms with van der Waals surface area (Å²) >= 11 is 1.14. The number of hydrogen-bond donors (Lipinski definition) is 2. The molecule has 162 valence electrons. The first-order valence-electron chi connectivity index (χ1n) is 9.48. The molecule has 1 amide bonds. The molecule has 3 aromatic rings. The fraction of sp³-hybridized carbons (Fsp3) is 0.182. The molecule has 3 rings (SSSR count). The van der Waals surface area contributed by atoms with E-state index in [0.717, 1.165) is 22.5 Å². The van der Waals surface area contributed by atoms with E-state index in [0.29, 0.717) is 21.1 Å². The number of ether oxygens (including phenoxy) is 1. The van der Waals surface area contributed by atoms with Crippen LogP contribution in [-0.4, -0.2) is 26.9 Å². The van der Waals surface area contributed by atoms with E-state index in [4.69, 9.17) is 4.74 Å². The highest BCUT2D eigenvalue weighted by molar-refractivity contribution is 7.92. The molecule has 0 unspecified atom stereocenters. The highest BCUT2D eigenvalue weighted by atomic mass is 32.2. The summed E-state index contributed by atoms with van der Waals surface area (Å²) in [6.07, 6.45) is 0. The molecule has 2 aromatic carbocycles. The van der Waals surface area contributed by atoms with E-state index in [-0.39, 0.29) is 17.4 Å². The van der Waals surface area contributed by atoms with Crippen LogP contribution in [0.4, 0.5) is 10.7 Å². The molecule has 2 N–H and O–H groups in total. The number of nitrogens with one attached hydrogen (secondary N) is 2. The number of thiophene rings is 1. The molecule has 1 aromatic heterocycles. The minimum absolute atomic E-state index is 0.158. The lowest BCUT2D eigenvalue weighted by Gasteiger charge is -2.09. The van der Waals surface area contributed by atoms with Crippen molar-refractivity contribution in [2.75, 3.05) is 16.6 Å². The van der Waals surface area contributed by atoms with E-state index in [2.05, 4.69) is 10.0 Å². The lowest BCUT2D eigenvalue weighted by atomic mass is 10.2. The Kier molecular flexibility index (Phi) is 6.77. The third-order valence-corrected chi connectivity index (χ3v) is 6.88. The second-order valence-corrected chi connectivity index (χ2v) is 9.53. The van der Waals surface area contributed by atoms with Gasteiger partial charge >= 0.3 is 5.97 Å². The molecular formula is C22H22N2O5S2. The number of aryl methyl sites for hydroxylation is 2. The first-order valence-corrected chi connectivity index (χ1v) is 11.8.